The molecule has 5 nitrogen and oxygen atoms in total. The predicted octanol–water partition coefficient (Wildman–Crippen LogP) is 3.89. The topological polar surface area (TPSA) is 61.8 Å². The van der Waals surface area contributed by atoms with Crippen LogP contribution < -0.4 is 4.72 Å². The largest absolute Gasteiger partial charge is 0.367 e. The lowest BCUT2D eigenvalue weighted by Crippen LogP contribution is -2.20. The Labute approximate surface area is 162 Å². The molecule has 1 unspecified atom stereocenters. The fourth-order valence-electron chi connectivity index (χ4n) is 3.37. The molecule has 2 aromatic carbocycles. The Hall–Kier alpha value is -2.34. The van der Waals surface area contributed by atoms with Gasteiger partial charge in [-0.05, 0) is 61.6 Å². The van der Waals surface area contributed by atoms with Crippen LogP contribution in [0.3, 0.4) is 0 Å². The molecule has 144 valence electrons. The highest BCUT2D eigenvalue weighted by Gasteiger charge is 2.21. The molecule has 2 aromatic rings. The minimum atomic E-state index is -3.56. The first-order valence-corrected chi connectivity index (χ1v) is 10.7. The van der Waals surface area contributed by atoms with Gasteiger partial charge in [-0.25, -0.2) is 8.42 Å². The molecule has 1 atom stereocenters. The minimum Gasteiger partial charge on any atom is -0.367 e. The van der Waals surface area contributed by atoms with Gasteiger partial charge in [0.15, 0.2) is 0 Å². The second-order valence-electron chi connectivity index (χ2n) is 7.20. The molecule has 27 heavy (non-hydrogen) atoms. The maximum atomic E-state index is 12.5. The van der Waals surface area contributed by atoms with Gasteiger partial charge in [-0.3, -0.25) is 9.71 Å². The molecule has 3 rings (SSSR count). The van der Waals surface area contributed by atoms with Crippen LogP contribution in [-0.4, -0.2) is 39.8 Å². The number of nitrogens with zero attached hydrogens (tertiary/aromatic N) is 2. The SMILES string of the molecule is C/C(=N\CC1CCCc2cc(NS(=O)(=O)c3ccccc3)ccc21)N(C)C. The lowest BCUT2D eigenvalue weighted by atomic mass is 9.82. The van der Waals surface area contributed by atoms with Crippen molar-refractivity contribution in [1.29, 1.82) is 0 Å². The Bertz CT molecular complexity index is 922. The van der Waals surface area contributed by atoms with Crippen LogP contribution in [0.1, 0.15) is 36.8 Å². The number of hydrogen-bond acceptors (Lipinski definition) is 3. The number of rotatable bonds is 5. The molecule has 1 aliphatic rings. The highest BCUT2D eigenvalue weighted by Crippen LogP contribution is 2.34. The van der Waals surface area contributed by atoms with Crippen molar-refractivity contribution in [2.45, 2.75) is 37.0 Å². The van der Waals surface area contributed by atoms with Crippen LogP contribution in [0.15, 0.2) is 58.4 Å². The number of nitrogens with one attached hydrogen (secondary N) is 1. The summed E-state index contributed by atoms with van der Waals surface area (Å²) >= 11 is 0. The smallest absolute Gasteiger partial charge is 0.261 e. The molecule has 6 heteroatoms. The zero-order valence-corrected chi connectivity index (χ0v) is 17.0. The number of hydrogen-bond donors (Lipinski definition) is 1. The zero-order valence-electron chi connectivity index (χ0n) is 16.1. The quantitative estimate of drug-likeness (QED) is 0.627. The van der Waals surface area contributed by atoms with Gasteiger partial charge >= 0.3 is 0 Å². The van der Waals surface area contributed by atoms with Gasteiger partial charge < -0.3 is 4.90 Å². The monoisotopic (exact) mass is 385 g/mol. The Morgan fingerprint density at radius 3 is 2.63 bits per heavy atom. The summed E-state index contributed by atoms with van der Waals surface area (Å²) in [6.45, 7) is 2.79. The Kier molecular flexibility index (Phi) is 5.85. The summed E-state index contributed by atoms with van der Waals surface area (Å²) < 4.78 is 27.8. The van der Waals surface area contributed by atoms with Gasteiger partial charge in [0, 0.05) is 32.2 Å². The Balaban J connectivity index is 1.79. The summed E-state index contributed by atoms with van der Waals surface area (Å²) in [7, 11) is 0.436. The van der Waals surface area contributed by atoms with Gasteiger partial charge in [0.25, 0.3) is 10.0 Å². The van der Waals surface area contributed by atoms with E-state index in [4.69, 9.17) is 4.99 Å². The van der Waals surface area contributed by atoms with Crippen LogP contribution in [0, 0.1) is 0 Å². The fraction of sp³-hybridized carbons (Fsp3) is 0.381. The van der Waals surface area contributed by atoms with Gasteiger partial charge in [-0.1, -0.05) is 24.3 Å². The molecular formula is C21H27N3O2S. The first-order chi connectivity index (χ1) is 12.9. The first-order valence-electron chi connectivity index (χ1n) is 9.26. The molecule has 0 radical (unpaired) electrons. The molecule has 0 aliphatic heterocycles. The predicted molar refractivity (Wildman–Crippen MR) is 111 cm³/mol. The first kappa shape index (κ1) is 19.4. The summed E-state index contributed by atoms with van der Waals surface area (Å²) in [6.07, 6.45) is 3.19. The van der Waals surface area contributed by atoms with E-state index in [1.165, 1.54) is 11.1 Å². The van der Waals surface area contributed by atoms with E-state index in [1.54, 1.807) is 30.3 Å². The molecule has 0 fully saturated rings. The summed E-state index contributed by atoms with van der Waals surface area (Å²) in [6, 6.07) is 14.3. The average Bonchev–Trinajstić information content (AvgIpc) is 2.66. The third-order valence-electron chi connectivity index (χ3n) is 5.07. The van der Waals surface area contributed by atoms with Crippen molar-refractivity contribution >= 4 is 21.5 Å². The van der Waals surface area contributed by atoms with E-state index in [0.29, 0.717) is 11.6 Å². The third kappa shape index (κ3) is 4.69. The van der Waals surface area contributed by atoms with E-state index in [-0.39, 0.29) is 4.90 Å². The van der Waals surface area contributed by atoms with Crippen molar-refractivity contribution in [3.8, 4) is 0 Å². The maximum absolute atomic E-state index is 12.5. The number of aryl methyl sites for hydroxylation is 1. The lowest BCUT2D eigenvalue weighted by Gasteiger charge is -2.25. The maximum Gasteiger partial charge on any atom is 0.261 e. The summed E-state index contributed by atoms with van der Waals surface area (Å²) in [5.41, 5.74) is 3.13. The molecular weight excluding hydrogens is 358 g/mol. The molecule has 0 heterocycles. The highest BCUT2D eigenvalue weighted by molar-refractivity contribution is 7.92. The van der Waals surface area contributed by atoms with E-state index in [1.807, 2.05) is 38.1 Å². The molecule has 0 saturated carbocycles. The van der Waals surface area contributed by atoms with Crippen molar-refractivity contribution in [3.63, 3.8) is 0 Å². The molecule has 1 aliphatic carbocycles. The zero-order chi connectivity index (χ0) is 19.4. The van der Waals surface area contributed by atoms with E-state index >= 15 is 0 Å². The van der Waals surface area contributed by atoms with Gasteiger partial charge in [-0.2, -0.15) is 0 Å². The number of fused-ring (bicyclic) bond motifs is 1. The van der Waals surface area contributed by atoms with Crippen molar-refractivity contribution < 1.29 is 8.42 Å². The number of anilines is 1. The van der Waals surface area contributed by atoms with Crippen LogP contribution in [0.25, 0.3) is 0 Å². The Morgan fingerprint density at radius 2 is 1.93 bits per heavy atom. The number of aliphatic imine (C=N–C) groups is 1. The molecule has 0 saturated heterocycles. The van der Waals surface area contributed by atoms with E-state index in [9.17, 15) is 8.42 Å². The van der Waals surface area contributed by atoms with Crippen molar-refractivity contribution in [3.05, 3.63) is 59.7 Å². The number of amidine groups is 1. The summed E-state index contributed by atoms with van der Waals surface area (Å²) in [5.74, 6) is 1.41. The van der Waals surface area contributed by atoms with Crippen molar-refractivity contribution in [2.24, 2.45) is 4.99 Å². The van der Waals surface area contributed by atoms with Gasteiger partial charge in [0.1, 0.15) is 0 Å². The molecule has 1 N–H and O–H groups in total. The normalized spacial score (nSPS) is 17.3. The molecule has 0 spiro atoms. The Morgan fingerprint density at radius 1 is 1.19 bits per heavy atom. The van der Waals surface area contributed by atoms with Crippen LogP contribution in [0.2, 0.25) is 0 Å². The van der Waals surface area contributed by atoms with Crippen LogP contribution >= 0.6 is 0 Å². The van der Waals surface area contributed by atoms with Crippen molar-refractivity contribution in [2.75, 3.05) is 25.4 Å². The third-order valence-corrected chi connectivity index (χ3v) is 6.47. The second-order valence-corrected chi connectivity index (χ2v) is 8.89. The number of benzene rings is 2. The average molecular weight is 386 g/mol. The van der Waals surface area contributed by atoms with Gasteiger partial charge in [0.2, 0.25) is 0 Å². The van der Waals surface area contributed by atoms with E-state index in [0.717, 1.165) is 31.6 Å². The molecule has 0 aromatic heterocycles. The minimum absolute atomic E-state index is 0.272. The second kappa shape index (κ2) is 8.13. The van der Waals surface area contributed by atoms with E-state index in [2.05, 4.69) is 10.8 Å². The van der Waals surface area contributed by atoms with E-state index < -0.39 is 10.0 Å². The fourth-order valence-corrected chi connectivity index (χ4v) is 4.44. The van der Waals surface area contributed by atoms with Crippen molar-refractivity contribution in [1.82, 2.24) is 4.90 Å². The lowest BCUT2D eigenvalue weighted by molar-refractivity contribution is 0.552. The highest BCUT2D eigenvalue weighted by atomic mass is 32.2. The molecule has 0 amide bonds. The van der Waals surface area contributed by atoms with Crippen LogP contribution in [0.5, 0.6) is 0 Å². The van der Waals surface area contributed by atoms with Crippen LogP contribution in [0.4, 0.5) is 5.69 Å². The van der Waals surface area contributed by atoms with Gasteiger partial charge in [-0.15, -0.1) is 0 Å². The standard InChI is InChI=1S/C21H27N3O2S/c1-16(24(2)3)22-15-18-9-7-8-17-14-19(12-13-21(17)18)23-27(25,26)20-10-5-4-6-11-20/h4-6,10-14,18,23H,7-9,15H2,1-3H3/b22-16+. The number of sulfonamides is 1. The van der Waals surface area contributed by atoms with Gasteiger partial charge in [0.05, 0.1) is 10.7 Å². The summed E-state index contributed by atoms with van der Waals surface area (Å²) in [5, 5.41) is 0. The van der Waals surface area contributed by atoms with Crippen LogP contribution in [-0.2, 0) is 16.4 Å². The summed E-state index contributed by atoms with van der Waals surface area (Å²) in [4.78, 5) is 6.99. The molecule has 0 bridgehead atoms.